The fourth-order valence-electron chi connectivity index (χ4n) is 2.95. The van der Waals surface area contributed by atoms with Crippen molar-refractivity contribution in [3.8, 4) is 17.2 Å². The molecule has 1 aromatic heterocycles. The van der Waals surface area contributed by atoms with Crippen LogP contribution >= 0.6 is 27.5 Å². The van der Waals surface area contributed by atoms with E-state index in [9.17, 15) is 9.90 Å². The van der Waals surface area contributed by atoms with Crippen LogP contribution in [0.15, 0.2) is 57.4 Å². The van der Waals surface area contributed by atoms with Crippen molar-refractivity contribution in [3.63, 3.8) is 0 Å². The summed E-state index contributed by atoms with van der Waals surface area (Å²) in [5.41, 5.74) is 4.74. The number of phenols is 1. The van der Waals surface area contributed by atoms with Crippen molar-refractivity contribution >= 4 is 50.2 Å². The van der Waals surface area contributed by atoms with Gasteiger partial charge in [-0.1, -0.05) is 27.5 Å². The number of benzene rings is 3. The number of nitrogens with zero attached hydrogens (tertiary/aromatic N) is 1. The molecule has 0 aliphatic carbocycles. The number of aromatic hydroxyl groups is 1. The van der Waals surface area contributed by atoms with Gasteiger partial charge in [0.2, 0.25) is 5.89 Å². The Kier molecular flexibility index (Phi) is 5.06. The maximum atomic E-state index is 12.6. The number of nitrogens with one attached hydrogen (secondary N) is 1. The van der Waals surface area contributed by atoms with Gasteiger partial charge in [0, 0.05) is 10.2 Å². The lowest BCUT2D eigenvalue weighted by Gasteiger charge is -2.09. The third-order valence-electron chi connectivity index (χ3n) is 4.66. The average molecular weight is 472 g/mol. The number of aromatic nitrogens is 1. The highest BCUT2D eigenvalue weighted by Gasteiger charge is 2.16. The predicted octanol–water partition coefficient (Wildman–Crippen LogP) is 6.49. The first-order valence-corrected chi connectivity index (χ1v) is 9.96. The minimum Gasteiger partial charge on any atom is -0.507 e. The number of oxazole rings is 1. The molecule has 1 heterocycles. The smallest absolute Gasteiger partial charge is 0.257 e. The summed E-state index contributed by atoms with van der Waals surface area (Å²) in [6, 6.07) is 13.6. The van der Waals surface area contributed by atoms with E-state index in [1.807, 2.05) is 26.0 Å². The third-order valence-corrected chi connectivity index (χ3v) is 5.48. The van der Waals surface area contributed by atoms with Crippen LogP contribution in [-0.4, -0.2) is 16.0 Å². The summed E-state index contributed by atoms with van der Waals surface area (Å²) in [6.45, 7) is 4.00. The Morgan fingerprint density at radius 3 is 2.66 bits per heavy atom. The van der Waals surface area contributed by atoms with Crippen LogP contribution in [0, 0.1) is 13.8 Å². The van der Waals surface area contributed by atoms with Gasteiger partial charge in [0.1, 0.15) is 11.3 Å². The van der Waals surface area contributed by atoms with E-state index < -0.39 is 0 Å². The molecule has 4 aromatic rings. The molecule has 7 heteroatoms. The van der Waals surface area contributed by atoms with Crippen molar-refractivity contribution < 1.29 is 14.3 Å². The molecule has 0 fully saturated rings. The van der Waals surface area contributed by atoms with Gasteiger partial charge in [0.25, 0.3) is 5.91 Å². The number of hydrogen-bond acceptors (Lipinski definition) is 4. The molecule has 0 radical (unpaired) electrons. The molecule has 0 spiro atoms. The number of carbonyl (C=O) groups is 1. The van der Waals surface area contributed by atoms with E-state index in [-0.39, 0.29) is 17.5 Å². The topological polar surface area (TPSA) is 75.4 Å². The van der Waals surface area contributed by atoms with Crippen LogP contribution < -0.4 is 5.32 Å². The lowest BCUT2D eigenvalue weighted by molar-refractivity contribution is 0.102. The van der Waals surface area contributed by atoms with Gasteiger partial charge < -0.3 is 14.8 Å². The second-order valence-corrected chi connectivity index (χ2v) is 8.06. The highest BCUT2D eigenvalue weighted by atomic mass is 79.9. The molecule has 3 aromatic carbocycles. The van der Waals surface area contributed by atoms with Crippen molar-refractivity contribution in [2.75, 3.05) is 5.32 Å². The number of halogens is 2. The zero-order valence-corrected chi connectivity index (χ0v) is 17.9. The zero-order valence-electron chi connectivity index (χ0n) is 15.6. The first-order chi connectivity index (χ1) is 13.8. The molecule has 0 bridgehead atoms. The molecule has 0 saturated heterocycles. The van der Waals surface area contributed by atoms with Crippen LogP contribution in [0.1, 0.15) is 21.5 Å². The number of aryl methyl sites for hydroxylation is 2. The first-order valence-electron chi connectivity index (χ1n) is 8.79. The lowest BCUT2D eigenvalue weighted by Crippen LogP contribution is -2.12. The van der Waals surface area contributed by atoms with Gasteiger partial charge in [-0.2, -0.15) is 0 Å². The number of hydrogen-bond donors (Lipinski definition) is 2. The second kappa shape index (κ2) is 7.54. The van der Waals surface area contributed by atoms with Crippen LogP contribution in [-0.2, 0) is 0 Å². The van der Waals surface area contributed by atoms with E-state index in [0.717, 1.165) is 15.6 Å². The molecule has 29 heavy (non-hydrogen) atoms. The van der Waals surface area contributed by atoms with Gasteiger partial charge in [-0.25, -0.2) is 4.98 Å². The van der Waals surface area contributed by atoms with Crippen LogP contribution in [0.3, 0.4) is 0 Å². The number of fused-ring (bicyclic) bond motifs is 1. The Balaban J connectivity index is 1.69. The monoisotopic (exact) mass is 470 g/mol. The van der Waals surface area contributed by atoms with Crippen molar-refractivity contribution in [1.82, 2.24) is 4.98 Å². The van der Waals surface area contributed by atoms with E-state index in [4.69, 9.17) is 16.0 Å². The van der Waals surface area contributed by atoms with E-state index in [1.54, 1.807) is 30.3 Å². The van der Waals surface area contributed by atoms with E-state index in [2.05, 4.69) is 26.2 Å². The fourth-order valence-corrected chi connectivity index (χ4v) is 3.51. The Labute approximate surface area is 180 Å². The Morgan fingerprint density at radius 2 is 1.86 bits per heavy atom. The molecular formula is C22H16BrClN2O3. The Morgan fingerprint density at radius 1 is 1.10 bits per heavy atom. The van der Waals surface area contributed by atoms with Gasteiger partial charge in [0.15, 0.2) is 5.58 Å². The van der Waals surface area contributed by atoms with Gasteiger partial charge in [-0.05, 0) is 73.5 Å². The molecule has 0 unspecified atom stereocenters. The maximum Gasteiger partial charge on any atom is 0.257 e. The molecule has 0 aliphatic rings. The number of amides is 1. The molecule has 0 atom stereocenters. The summed E-state index contributed by atoms with van der Waals surface area (Å²) in [6.07, 6.45) is 0. The summed E-state index contributed by atoms with van der Waals surface area (Å²) >= 11 is 9.47. The fraction of sp³-hybridized carbons (Fsp3) is 0.0909. The largest absolute Gasteiger partial charge is 0.507 e. The van der Waals surface area contributed by atoms with E-state index >= 15 is 0 Å². The minimum absolute atomic E-state index is 0.00323. The maximum absolute atomic E-state index is 12.6. The van der Waals surface area contributed by atoms with Crippen LogP contribution in [0.25, 0.3) is 22.6 Å². The summed E-state index contributed by atoms with van der Waals surface area (Å²) in [7, 11) is 0. The quantitative estimate of drug-likeness (QED) is 0.335. The minimum atomic E-state index is -0.364. The molecule has 5 nitrogen and oxygen atoms in total. The van der Waals surface area contributed by atoms with Gasteiger partial charge in [0.05, 0.1) is 16.1 Å². The first kappa shape index (κ1) is 19.5. The summed E-state index contributed by atoms with van der Waals surface area (Å²) in [5, 5.41) is 13.4. The molecule has 4 rings (SSSR count). The molecule has 0 saturated carbocycles. The van der Waals surface area contributed by atoms with Crippen LogP contribution in [0.4, 0.5) is 5.69 Å². The molecule has 2 N–H and O–H groups in total. The molecule has 1 amide bonds. The number of rotatable bonds is 3. The molecule has 146 valence electrons. The van der Waals surface area contributed by atoms with Crippen molar-refractivity contribution in [2.45, 2.75) is 13.8 Å². The van der Waals surface area contributed by atoms with Gasteiger partial charge >= 0.3 is 0 Å². The Hall–Kier alpha value is -2.83. The van der Waals surface area contributed by atoms with Gasteiger partial charge in [-0.15, -0.1) is 0 Å². The Bertz CT molecular complexity index is 1230. The number of anilines is 1. The van der Waals surface area contributed by atoms with E-state index in [0.29, 0.717) is 32.9 Å². The predicted molar refractivity (Wildman–Crippen MR) is 118 cm³/mol. The standard InChI is InChI=1S/C22H16BrClN2O3/c1-11-7-18-20(8-12(11)2)29-22(26-18)16-10-14(4-6-19(16)27)25-21(28)15-9-13(23)3-5-17(15)24/h3-10,27H,1-2H3,(H,25,28). The van der Waals surface area contributed by atoms with Crippen LogP contribution in [0.5, 0.6) is 5.75 Å². The zero-order chi connectivity index (χ0) is 20.7. The SMILES string of the molecule is Cc1cc2nc(-c3cc(NC(=O)c4cc(Br)ccc4Cl)ccc3O)oc2cc1C. The number of phenolic OH excluding ortho intramolecular Hbond substituents is 1. The number of carbonyl (C=O) groups excluding carboxylic acids is 1. The van der Waals surface area contributed by atoms with Gasteiger partial charge in [-0.3, -0.25) is 4.79 Å². The summed E-state index contributed by atoms with van der Waals surface area (Å²) in [5.74, 6) is -0.0840. The molecular weight excluding hydrogens is 456 g/mol. The average Bonchev–Trinajstić information content (AvgIpc) is 3.08. The summed E-state index contributed by atoms with van der Waals surface area (Å²) in [4.78, 5) is 17.1. The molecule has 0 aliphatic heterocycles. The van der Waals surface area contributed by atoms with Crippen molar-refractivity contribution in [1.29, 1.82) is 0 Å². The van der Waals surface area contributed by atoms with Crippen molar-refractivity contribution in [2.24, 2.45) is 0 Å². The van der Waals surface area contributed by atoms with Crippen LogP contribution in [0.2, 0.25) is 5.02 Å². The summed E-state index contributed by atoms with van der Waals surface area (Å²) < 4.78 is 6.58. The highest BCUT2D eigenvalue weighted by molar-refractivity contribution is 9.10. The van der Waals surface area contributed by atoms with E-state index in [1.165, 1.54) is 6.07 Å². The normalized spacial score (nSPS) is 11.0. The second-order valence-electron chi connectivity index (χ2n) is 6.73. The highest BCUT2D eigenvalue weighted by Crippen LogP contribution is 2.34. The lowest BCUT2D eigenvalue weighted by atomic mass is 10.1. The third kappa shape index (κ3) is 3.86. The van der Waals surface area contributed by atoms with Crippen molar-refractivity contribution in [3.05, 3.63) is 74.7 Å².